The van der Waals surface area contributed by atoms with E-state index in [9.17, 15) is 18.8 Å². The zero-order valence-corrected chi connectivity index (χ0v) is 36.7. The molecule has 336 valence electrons. The summed E-state index contributed by atoms with van der Waals surface area (Å²) in [5, 5.41) is 14.4. The molecule has 0 radical (unpaired) electrons. The summed E-state index contributed by atoms with van der Waals surface area (Å²) in [7, 11) is 0. The number of halogens is 2. The van der Waals surface area contributed by atoms with Crippen LogP contribution in [0.2, 0.25) is 0 Å². The molecule has 2 aliphatic carbocycles. The normalized spacial score (nSPS) is 18.3. The number of amides is 1. The van der Waals surface area contributed by atoms with Gasteiger partial charge in [-0.05, 0) is 129 Å². The van der Waals surface area contributed by atoms with Crippen molar-refractivity contribution in [2.24, 2.45) is 5.92 Å². The third kappa shape index (κ3) is 8.13. The third-order valence-corrected chi connectivity index (χ3v) is 13.1. The SMILES string of the molecule is CC1CC1c1noc(=O)[nH]1.Cc1cc(-n2nc3c(c2-n2ccn(-c4ccc5c(cnn5C5CC5)c4F)c2=O)CN(C=O)CC3)cc(C)c1F.Cc1cc2cc(C3CCOCC3)ccc2[nH]1. The van der Waals surface area contributed by atoms with Gasteiger partial charge in [-0.2, -0.15) is 10.2 Å². The van der Waals surface area contributed by atoms with Crippen LogP contribution in [-0.2, 0) is 22.5 Å². The monoisotopic (exact) mass is 884 g/mol. The van der Waals surface area contributed by atoms with Gasteiger partial charge in [-0.1, -0.05) is 18.1 Å². The lowest BCUT2D eigenvalue weighted by Crippen LogP contribution is -2.30. The molecule has 2 atom stereocenters. The molecule has 2 saturated carbocycles. The van der Waals surface area contributed by atoms with Gasteiger partial charge in [0, 0.05) is 61.3 Å². The Hall–Kier alpha value is -6.88. The number of hydrogen-bond donors (Lipinski definition) is 2. The molecule has 5 aromatic heterocycles. The second-order valence-electron chi connectivity index (χ2n) is 17.8. The Morgan fingerprint density at radius 1 is 0.892 bits per heavy atom. The van der Waals surface area contributed by atoms with Gasteiger partial charge >= 0.3 is 11.4 Å². The zero-order chi connectivity index (χ0) is 45.1. The molecule has 15 nitrogen and oxygen atoms in total. The molecule has 0 spiro atoms. The largest absolute Gasteiger partial charge is 0.438 e. The van der Waals surface area contributed by atoms with E-state index in [2.05, 4.69) is 62.9 Å². The average Bonchev–Trinajstić information content (AvgIpc) is 3.93. The number of benzene rings is 3. The van der Waals surface area contributed by atoms with Crippen molar-refractivity contribution in [3.8, 4) is 17.2 Å². The summed E-state index contributed by atoms with van der Waals surface area (Å²) in [5.74, 6) is 1.65. The highest BCUT2D eigenvalue weighted by atomic mass is 19.1. The lowest BCUT2D eigenvalue weighted by molar-refractivity contribution is -0.118. The van der Waals surface area contributed by atoms with E-state index in [1.54, 1.807) is 53.9 Å². The molecule has 12 rings (SSSR count). The van der Waals surface area contributed by atoms with Crippen LogP contribution in [0, 0.1) is 38.3 Å². The molecule has 65 heavy (non-hydrogen) atoms. The fourth-order valence-electron chi connectivity index (χ4n) is 9.22. The number of fused-ring (bicyclic) bond motifs is 3. The first-order chi connectivity index (χ1) is 31.4. The smallest absolute Gasteiger partial charge is 0.381 e. The summed E-state index contributed by atoms with van der Waals surface area (Å²) in [6, 6.07) is 16.0. The molecule has 4 aliphatic rings. The van der Waals surface area contributed by atoms with Gasteiger partial charge in [0.1, 0.15) is 11.6 Å². The Morgan fingerprint density at radius 2 is 1.65 bits per heavy atom. The van der Waals surface area contributed by atoms with Crippen molar-refractivity contribution in [1.29, 1.82) is 0 Å². The first-order valence-electron chi connectivity index (χ1n) is 22.2. The van der Waals surface area contributed by atoms with Crippen molar-refractivity contribution < 1.29 is 22.8 Å². The second kappa shape index (κ2) is 16.9. The maximum absolute atomic E-state index is 15.7. The summed E-state index contributed by atoms with van der Waals surface area (Å²) in [6.45, 7) is 10.2. The number of carbonyl (C=O) groups excluding carboxylic acids is 1. The zero-order valence-electron chi connectivity index (χ0n) is 36.7. The maximum atomic E-state index is 15.7. The van der Waals surface area contributed by atoms with Gasteiger partial charge in [0.2, 0.25) is 6.41 Å². The highest BCUT2D eigenvalue weighted by Crippen LogP contribution is 2.45. The van der Waals surface area contributed by atoms with Crippen molar-refractivity contribution in [1.82, 2.24) is 48.7 Å². The Labute approximate surface area is 371 Å². The van der Waals surface area contributed by atoms with Crippen LogP contribution in [0.5, 0.6) is 0 Å². The number of carbonyl (C=O) groups is 1. The number of ether oxygens (including phenoxy) is 1. The van der Waals surface area contributed by atoms with E-state index < -0.39 is 17.3 Å². The number of nitrogens with zero attached hydrogens (tertiary/aromatic N) is 8. The molecule has 2 aliphatic heterocycles. The van der Waals surface area contributed by atoms with Gasteiger partial charge in [-0.3, -0.25) is 28.1 Å². The topological polar surface area (TPSA) is 167 Å². The standard InChI is InChI=1S/C28H25F2N7O2.C14H17NO.C6H8N2O2/c1-16-11-19(12-17(2)25(16)29)37-27(21-14-33(15-38)8-7-22(21)32-37)35-10-9-34(28(35)39)24-6-5-23-20(26(24)30)13-31-36(23)18-3-4-18;1-10-8-13-9-12(2-3-14(13)15-10)11-4-6-16-7-5-11;1-3-2-4(3)5-7-6(9)10-8-5/h5-6,9-13,15,18H,3-4,7-8,14H2,1-2H3;2-3,8-9,11,15H,4-7H2,1H3;3-4H,2H2,1H3,(H,7,8,9). The number of H-pyrrole nitrogens is 2. The van der Waals surface area contributed by atoms with Crippen LogP contribution in [0.3, 0.4) is 0 Å². The number of rotatable bonds is 7. The Balaban J connectivity index is 0.000000155. The van der Waals surface area contributed by atoms with Crippen LogP contribution in [0.4, 0.5) is 8.78 Å². The lowest BCUT2D eigenvalue weighted by Gasteiger charge is -2.22. The van der Waals surface area contributed by atoms with Crippen molar-refractivity contribution in [2.75, 3.05) is 19.8 Å². The van der Waals surface area contributed by atoms with Gasteiger partial charge in [0.25, 0.3) is 0 Å². The summed E-state index contributed by atoms with van der Waals surface area (Å²) >= 11 is 0. The van der Waals surface area contributed by atoms with Crippen molar-refractivity contribution in [3.05, 3.63) is 139 Å². The molecule has 2 N–H and O–H groups in total. The van der Waals surface area contributed by atoms with Gasteiger partial charge < -0.3 is 14.6 Å². The summed E-state index contributed by atoms with van der Waals surface area (Å²) in [6.07, 6.45) is 11.4. The molecule has 17 heteroatoms. The van der Waals surface area contributed by atoms with Crippen molar-refractivity contribution in [3.63, 3.8) is 0 Å². The van der Waals surface area contributed by atoms with E-state index in [0.717, 1.165) is 63.0 Å². The fourth-order valence-corrected chi connectivity index (χ4v) is 9.22. The molecule has 3 aromatic carbocycles. The number of aromatic amines is 2. The lowest BCUT2D eigenvalue weighted by atomic mass is 9.91. The van der Waals surface area contributed by atoms with Crippen LogP contribution in [-0.4, -0.2) is 74.9 Å². The number of imidazole rings is 1. The fraction of sp³-hybridized carbons (Fsp3) is 0.375. The van der Waals surface area contributed by atoms with Crippen molar-refractivity contribution >= 4 is 28.2 Å². The molecular weight excluding hydrogens is 835 g/mol. The van der Waals surface area contributed by atoms with E-state index >= 15 is 4.39 Å². The van der Waals surface area contributed by atoms with Crippen LogP contribution in [0.1, 0.15) is 96.4 Å². The van der Waals surface area contributed by atoms with Gasteiger partial charge in [-0.25, -0.2) is 23.1 Å². The van der Waals surface area contributed by atoms with E-state index in [0.29, 0.717) is 76.1 Å². The van der Waals surface area contributed by atoms with Crippen LogP contribution in [0.15, 0.2) is 81.2 Å². The minimum absolute atomic E-state index is 0.115. The Bertz CT molecular complexity index is 3170. The van der Waals surface area contributed by atoms with E-state index in [1.165, 1.54) is 43.7 Å². The van der Waals surface area contributed by atoms with Gasteiger partial charge in [0.15, 0.2) is 11.6 Å². The van der Waals surface area contributed by atoms with Crippen LogP contribution < -0.4 is 11.4 Å². The molecule has 8 aromatic rings. The molecule has 1 saturated heterocycles. The first-order valence-corrected chi connectivity index (χ1v) is 22.2. The number of aromatic nitrogens is 9. The van der Waals surface area contributed by atoms with E-state index in [-0.39, 0.29) is 18.0 Å². The van der Waals surface area contributed by atoms with E-state index in [1.807, 2.05) is 4.68 Å². The minimum Gasteiger partial charge on any atom is -0.381 e. The molecule has 0 bridgehead atoms. The molecule has 1 amide bonds. The quantitative estimate of drug-likeness (QED) is 0.153. The highest BCUT2D eigenvalue weighted by molar-refractivity contribution is 5.82. The molecule has 2 unspecified atom stereocenters. The number of hydrogen-bond acceptors (Lipinski definition) is 8. The number of aryl methyl sites for hydroxylation is 3. The Morgan fingerprint density at radius 3 is 2.34 bits per heavy atom. The highest BCUT2D eigenvalue weighted by Gasteiger charge is 2.37. The molecule has 7 heterocycles. The third-order valence-electron chi connectivity index (χ3n) is 13.1. The predicted molar refractivity (Wildman–Crippen MR) is 239 cm³/mol. The van der Waals surface area contributed by atoms with E-state index in [4.69, 9.17) is 9.84 Å². The maximum Gasteiger partial charge on any atom is 0.438 e. The minimum atomic E-state index is -0.522. The predicted octanol–water partition coefficient (Wildman–Crippen LogP) is 7.76. The van der Waals surface area contributed by atoms with Gasteiger partial charge in [0.05, 0.1) is 46.8 Å². The first kappa shape index (κ1) is 42.1. The summed E-state index contributed by atoms with van der Waals surface area (Å²) in [4.78, 5) is 43.4. The summed E-state index contributed by atoms with van der Waals surface area (Å²) in [5.41, 5.74) is 7.23. The average molecular weight is 885 g/mol. The van der Waals surface area contributed by atoms with Crippen LogP contribution >= 0.6 is 0 Å². The molecule has 3 fully saturated rings. The van der Waals surface area contributed by atoms with Gasteiger partial charge in [-0.15, -0.1) is 0 Å². The molecular formula is C48H50F2N10O5. The van der Waals surface area contributed by atoms with Crippen LogP contribution in [0.25, 0.3) is 39.0 Å². The number of nitrogens with one attached hydrogen (secondary N) is 2. The van der Waals surface area contributed by atoms with Crippen molar-refractivity contribution in [2.45, 2.75) is 90.6 Å². The summed E-state index contributed by atoms with van der Waals surface area (Å²) < 4.78 is 46.0. The second-order valence-corrected chi connectivity index (χ2v) is 17.8. The Kier molecular flexibility index (Phi) is 11.0.